The summed E-state index contributed by atoms with van der Waals surface area (Å²) in [6.07, 6.45) is 1.07. The van der Waals surface area contributed by atoms with Gasteiger partial charge < -0.3 is 5.32 Å². The molecule has 0 aliphatic carbocycles. The molecule has 1 unspecified atom stereocenters. The van der Waals surface area contributed by atoms with Crippen molar-refractivity contribution in [3.8, 4) is 0 Å². The maximum absolute atomic E-state index is 3.64. The summed E-state index contributed by atoms with van der Waals surface area (Å²) in [4.78, 5) is 0. The van der Waals surface area contributed by atoms with Gasteiger partial charge in [-0.3, -0.25) is 0 Å². The van der Waals surface area contributed by atoms with Gasteiger partial charge in [-0.05, 0) is 49.6 Å². The molecule has 2 rings (SSSR count). The van der Waals surface area contributed by atoms with Crippen molar-refractivity contribution < 1.29 is 0 Å². The molecule has 19 heavy (non-hydrogen) atoms. The van der Waals surface area contributed by atoms with Gasteiger partial charge in [0, 0.05) is 10.2 Å². The van der Waals surface area contributed by atoms with Crippen molar-refractivity contribution in [2.45, 2.75) is 33.2 Å². The molecule has 0 radical (unpaired) electrons. The molecule has 2 heteroatoms. The third kappa shape index (κ3) is 3.60. The summed E-state index contributed by atoms with van der Waals surface area (Å²) in [5.41, 5.74) is 5.12. The first kappa shape index (κ1) is 14.1. The third-order valence-corrected chi connectivity index (χ3v) is 3.90. The van der Waals surface area contributed by atoms with Crippen LogP contribution in [0, 0.1) is 13.8 Å². The molecular formula is C17H20BrN. The zero-order chi connectivity index (χ0) is 13.8. The minimum absolute atomic E-state index is 0.362. The SMILES string of the molecule is CCC(Nc1ccc(Br)cc1C)c1ccc(C)cc1. The number of hydrogen-bond acceptors (Lipinski definition) is 1. The monoisotopic (exact) mass is 317 g/mol. The molecule has 2 aromatic carbocycles. The van der Waals surface area contributed by atoms with E-state index in [4.69, 9.17) is 0 Å². The van der Waals surface area contributed by atoms with Crippen molar-refractivity contribution in [2.75, 3.05) is 5.32 Å². The second kappa shape index (κ2) is 6.25. The van der Waals surface area contributed by atoms with E-state index >= 15 is 0 Å². The Morgan fingerprint density at radius 1 is 1.05 bits per heavy atom. The molecule has 1 N–H and O–H groups in total. The molecule has 1 nitrogen and oxygen atoms in total. The Bertz CT molecular complexity index is 546. The van der Waals surface area contributed by atoms with E-state index in [-0.39, 0.29) is 0 Å². The van der Waals surface area contributed by atoms with E-state index in [1.54, 1.807) is 0 Å². The summed E-state index contributed by atoms with van der Waals surface area (Å²) in [6, 6.07) is 15.5. The average molecular weight is 318 g/mol. The zero-order valence-electron chi connectivity index (χ0n) is 11.7. The van der Waals surface area contributed by atoms with Crippen molar-refractivity contribution in [2.24, 2.45) is 0 Å². The lowest BCUT2D eigenvalue weighted by Crippen LogP contribution is -2.10. The molecule has 0 saturated heterocycles. The van der Waals surface area contributed by atoms with E-state index in [0.29, 0.717) is 6.04 Å². The summed E-state index contributed by atoms with van der Waals surface area (Å²) in [7, 11) is 0. The summed E-state index contributed by atoms with van der Waals surface area (Å²) < 4.78 is 1.12. The maximum Gasteiger partial charge on any atom is 0.0511 e. The summed E-state index contributed by atoms with van der Waals surface area (Å²) in [6.45, 7) is 6.47. The number of halogens is 1. The molecule has 0 aliphatic heterocycles. The number of aryl methyl sites for hydroxylation is 2. The van der Waals surface area contributed by atoms with Crippen LogP contribution >= 0.6 is 15.9 Å². The molecular weight excluding hydrogens is 298 g/mol. The maximum atomic E-state index is 3.64. The smallest absolute Gasteiger partial charge is 0.0511 e. The van der Waals surface area contributed by atoms with Crippen molar-refractivity contribution >= 4 is 21.6 Å². The van der Waals surface area contributed by atoms with E-state index in [1.807, 2.05) is 0 Å². The normalized spacial score (nSPS) is 12.2. The van der Waals surface area contributed by atoms with Crippen LogP contribution in [0.2, 0.25) is 0 Å². The van der Waals surface area contributed by atoms with Gasteiger partial charge in [0.25, 0.3) is 0 Å². The minimum Gasteiger partial charge on any atom is -0.378 e. The highest BCUT2D eigenvalue weighted by Crippen LogP contribution is 2.26. The number of rotatable bonds is 4. The van der Waals surface area contributed by atoms with Crippen LogP contribution in [0.3, 0.4) is 0 Å². The van der Waals surface area contributed by atoms with Crippen LogP contribution in [-0.4, -0.2) is 0 Å². The third-order valence-electron chi connectivity index (χ3n) is 3.41. The first-order valence-corrected chi connectivity index (χ1v) is 7.48. The van der Waals surface area contributed by atoms with E-state index in [1.165, 1.54) is 22.4 Å². The highest BCUT2D eigenvalue weighted by molar-refractivity contribution is 9.10. The molecule has 2 aromatic rings. The van der Waals surface area contributed by atoms with Crippen molar-refractivity contribution in [3.63, 3.8) is 0 Å². The number of anilines is 1. The fourth-order valence-electron chi connectivity index (χ4n) is 2.20. The first-order valence-electron chi connectivity index (χ1n) is 6.69. The molecule has 0 saturated carbocycles. The molecule has 0 bridgehead atoms. The van der Waals surface area contributed by atoms with Gasteiger partial charge in [-0.15, -0.1) is 0 Å². The largest absolute Gasteiger partial charge is 0.378 e. The molecule has 0 amide bonds. The standard InChI is InChI=1S/C17H20BrN/c1-4-16(14-7-5-12(2)6-8-14)19-17-10-9-15(18)11-13(17)3/h5-11,16,19H,4H2,1-3H3. The van der Waals surface area contributed by atoms with Crippen molar-refractivity contribution in [1.82, 2.24) is 0 Å². The number of nitrogens with one attached hydrogen (secondary N) is 1. The highest BCUT2D eigenvalue weighted by Gasteiger charge is 2.10. The number of hydrogen-bond donors (Lipinski definition) is 1. The van der Waals surface area contributed by atoms with Gasteiger partial charge in [-0.2, -0.15) is 0 Å². The van der Waals surface area contributed by atoms with Gasteiger partial charge in [-0.1, -0.05) is 52.7 Å². The topological polar surface area (TPSA) is 12.0 Å². The molecule has 0 aliphatic rings. The lowest BCUT2D eigenvalue weighted by atomic mass is 10.0. The molecule has 0 heterocycles. The van der Waals surface area contributed by atoms with Gasteiger partial charge in [0.15, 0.2) is 0 Å². The number of benzene rings is 2. The van der Waals surface area contributed by atoms with Crippen molar-refractivity contribution in [1.29, 1.82) is 0 Å². The van der Waals surface area contributed by atoms with E-state index < -0.39 is 0 Å². The molecule has 100 valence electrons. The lowest BCUT2D eigenvalue weighted by molar-refractivity contribution is 0.748. The van der Waals surface area contributed by atoms with Crippen LogP contribution in [0.25, 0.3) is 0 Å². The Labute approximate surface area is 124 Å². The Morgan fingerprint density at radius 2 is 1.74 bits per heavy atom. The second-order valence-electron chi connectivity index (χ2n) is 4.98. The van der Waals surface area contributed by atoms with Gasteiger partial charge in [0.1, 0.15) is 0 Å². The van der Waals surface area contributed by atoms with Crippen LogP contribution < -0.4 is 5.32 Å². The Hall–Kier alpha value is -1.28. The molecule has 1 atom stereocenters. The summed E-state index contributed by atoms with van der Waals surface area (Å²) in [5, 5.41) is 3.64. The van der Waals surface area contributed by atoms with Crippen LogP contribution in [-0.2, 0) is 0 Å². The van der Waals surface area contributed by atoms with E-state index in [9.17, 15) is 0 Å². The minimum atomic E-state index is 0.362. The van der Waals surface area contributed by atoms with Gasteiger partial charge in [-0.25, -0.2) is 0 Å². The molecule has 0 aromatic heterocycles. The van der Waals surface area contributed by atoms with Crippen molar-refractivity contribution in [3.05, 3.63) is 63.6 Å². The van der Waals surface area contributed by atoms with Gasteiger partial charge in [0.2, 0.25) is 0 Å². The van der Waals surface area contributed by atoms with E-state index in [0.717, 1.165) is 10.9 Å². The Kier molecular flexibility index (Phi) is 4.65. The summed E-state index contributed by atoms with van der Waals surface area (Å²) in [5.74, 6) is 0. The zero-order valence-corrected chi connectivity index (χ0v) is 13.3. The van der Waals surface area contributed by atoms with Crippen LogP contribution in [0.1, 0.15) is 36.1 Å². The molecule has 0 fully saturated rings. The predicted octanol–water partition coefficient (Wildman–Crippen LogP) is 5.63. The summed E-state index contributed by atoms with van der Waals surface area (Å²) >= 11 is 3.50. The first-order chi connectivity index (χ1) is 9.10. The van der Waals surface area contributed by atoms with Crippen LogP contribution in [0.15, 0.2) is 46.9 Å². The quantitative estimate of drug-likeness (QED) is 0.770. The predicted molar refractivity (Wildman–Crippen MR) is 86.7 cm³/mol. The van der Waals surface area contributed by atoms with Crippen LogP contribution in [0.5, 0.6) is 0 Å². The lowest BCUT2D eigenvalue weighted by Gasteiger charge is -2.20. The Balaban J connectivity index is 2.21. The second-order valence-corrected chi connectivity index (χ2v) is 5.89. The van der Waals surface area contributed by atoms with Crippen LogP contribution in [0.4, 0.5) is 5.69 Å². The molecule has 0 spiro atoms. The fraction of sp³-hybridized carbons (Fsp3) is 0.294. The highest BCUT2D eigenvalue weighted by atomic mass is 79.9. The average Bonchev–Trinajstić information content (AvgIpc) is 2.39. The van der Waals surface area contributed by atoms with Gasteiger partial charge >= 0.3 is 0 Å². The van der Waals surface area contributed by atoms with Gasteiger partial charge in [0.05, 0.1) is 6.04 Å². The Morgan fingerprint density at radius 3 is 2.32 bits per heavy atom. The fourth-order valence-corrected chi connectivity index (χ4v) is 2.67. The van der Waals surface area contributed by atoms with E-state index in [2.05, 4.69) is 84.5 Å².